The summed E-state index contributed by atoms with van der Waals surface area (Å²) in [5.41, 5.74) is 7.98. The summed E-state index contributed by atoms with van der Waals surface area (Å²) in [4.78, 5) is 2.74. The quantitative estimate of drug-likeness (QED) is 0.863. The molecule has 0 saturated heterocycles. The van der Waals surface area contributed by atoms with Gasteiger partial charge in [0.2, 0.25) is 0 Å². The van der Waals surface area contributed by atoms with Gasteiger partial charge in [-0.1, -0.05) is 50.3 Å². The van der Waals surface area contributed by atoms with Crippen molar-refractivity contribution in [2.24, 2.45) is 11.7 Å². The SMILES string of the molecule is CC(C)CN(C)c1ccc(C(N)=S)c2ccccc12. The molecule has 100 valence electrons. The fourth-order valence-corrected chi connectivity index (χ4v) is 2.65. The highest BCUT2D eigenvalue weighted by Gasteiger charge is 2.11. The van der Waals surface area contributed by atoms with Crippen LogP contribution in [-0.4, -0.2) is 18.6 Å². The van der Waals surface area contributed by atoms with E-state index in [0.717, 1.165) is 17.5 Å². The maximum atomic E-state index is 5.80. The van der Waals surface area contributed by atoms with Crippen LogP contribution in [0.15, 0.2) is 36.4 Å². The number of hydrogen-bond donors (Lipinski definition) is 1. The van der Waals surface area contributed by atoms with E-state index >= 15 is 0 Å². The molecule has 0 heterocycles. The summed E-state index contributed by atoms with van der Waals surface area (Å²) in [5, 5.41) is 2.33. The number of hydrogen-bond acceptors (Lipinski definition) is 2. The van der Waals surface area contributed by atoms with E-state index in [9.17, 15) is 0 Å². The first-order valence-electron chi connectivity index (χ1n) is 6.53. The molecule has 0 fully saturated rings. The number of anilines is 1. The van der Waals surface area contributed by atoms with Crippen LogP contribution in [0.25, 0.3) is 10.8 Å². The summed E-state index contributed by atoms with van der Waals surface area (Å²) in [5.74, 6) is 0.624. The number of benzene rings is 2. The lowest BCUT2D eigenvalue weighted by atomic mass is 10.0. The molecule has 2 aromatic carbocycles. The minimum Gasteiger partial charge on any atom is -0.389 e. The minimum absolute atomic E-state index is 0.453. The number of thiocarbonyl (C=S) groups is 1. The van der Waals surface area contributed by atoms with Gasteiger partial charge in [-0.2, -0.15) is 0 Å². The van der Waals surface area contributed by atoms with Gasteiger partial charge in [-0.15, -0.1) is 0 Å². The molecular weight excluding hydrogens is 252 g/mol. The highest BCUT2D eigenvalue weighted by Crippen LogP contribution is 2.29. The van der Waals surface area contributed by atoms with Crippen LogP contribution in [0.5, 0.6) is 0 Å². The minimum atomic E-state index is 0.453. The molecule has 2 rings (SSSR count). The second kappa shape index (κ2) is 5.57. The molecule has 0 saturated carbocycles. The molecule has 0 radical (unpaired) electrons. The molecule has 0 aromatic heterocycles. The van der Waals surface area contributed by atoms with E-state index in [4.69, 9.17) is 18.0 Å². The van der Waals surface area contributed by atoms with E-state index in [1.165, 1.54) is 11.1 Å². The van der Waals surface area contributed by atoms with Gasteiger partial charge in [0.15, 0.2) is 0 Å². The zero-order chi connectivity index (χ0) is 14.0. The third-order valence-corrected chi connectivity index (χ3v) is 3.44. The number of nitrogens with two attached hydrogens (primary N) is 1. The first-order valence-corrected chi connectivity index (χ1v) is 6.94. The summed E-state index contributed by atoms with van der Waals surface area (Å²) < 4.78 is 0. The van der Waals surface area contributed by atoms with Gasteiger partial charge < -0.3 is 10.6 Å². The van der Waals surface area contributed by atoms with Gasteiger partial charge in [-0.25, -0.2) is 0 Å². The van der Waals surface area contributed by atoms with Gasteiger partial charge in [0, 0.05) is 30.2 Å². The Hall–Kier alpha value is -1.61. The van der Waals surface area contributed by atoms with Gasteiger partial charge in [0.05, 0.1) is 0 Å². The second-order valence-corrected chi connectivity index (χ2v) is 5.76. The molecule has 0 bridgehead atoms. The Balaban J connectivity index is 2.58. The zero-order valence-electron chi connectivity index (χ0n) is 11.7. The van der Waals surface area contributed by atoms with Gasteiger partial charge in [-0.05, 0) is 23.4 Å². The highest BCUT2D eigenvalue weighted by atomic mass is 32.1. The van der Waals surface area contributed by atoms with Crippen molar-refractivity contribution < 1.29 is 0 Å². The van der Waals surface area contributed by atoms with Crippen molar-refractivity contribution in [2.75, 3.05) is 18.5 Å². The van der Waals surface area contributed by atoms with Crippen molar-refractivity contribution in [2.45, 2.75) is 13.8 Å². The molecule has 2 nitrogen and oxygen atoms in total. The fraction of sp³-hybridized carbons (Fsp3) is 0.312. The van der Waals surface area contributed by atoms with Crippen molar-refractivity contribution >= 4 is 33.7 Å². The van der Waals surface area contributed by atoms with Gasteiger partial charge in [-0.3, -0.25) is 0 Å². The van der Waals surface area contributed by atoms with E-state index in [0.29, 0.717) is 10.9 Å². The van der Waals surface area contributed by atoms with Crippen molar-refractivity contribution in [1.29, 1.82) is 0 Å². The summed E-state index contributed by atoms with van der Waals surface area (Å²) in [6.45, 7) is 5.47. The van der Waals surface area contributed by atoms with Crippen LogP contribution in [0, 0.1) is 5.92 Å². The predicted octanol–water partition coefficient (Wildman–Crippen LogP) is 3.57. The number of nitrogens with zero attached hydrogens (tertiary/aromatic N) is 1. The van der Waals surface area contributed by atoms with E-state index < -0.39 is 0 Å². The molecule has 0 aliphatic rings. The van der Waals surface area contributed by atoms with Gasteiger partial charge >= 0.3 is 0 Å². The third-order valence-electron chi connectivity index (χ3n) is 3.22. The molecule has 0 aliphatic carbocycles. The van der Waals surface area contributed by atoms with Crippen molar-refractivity contribution in [3.63, 3.8) is 0 Å². The molecule has 2 N–H and O–H groups in total. The first kappa shape index (κ1) is 13.8. The van der Waals surface area contributed by atoms with Crippen LogP contribution in [-0.2, 0) is 0 Å². The van der Waals surface area contributed by atoms with E-state index in [-0.39, 0.29) is 0 Å². The van der Waals surface area contributed by atoms with Crippen LogP contribution >= 0.6 is 12.2 Å². The molecule has 0 amide bonds. The summed E-state index contributed by atoms with van der Waals surface area (Å²) >= 11 is 5.13. The van der Waals surface area contributed by atoms with Gasteiger partial charge in [0.25, 0.3) is 0 Å². The lowest BCUT2D eigenvalue weighted by Crippen LogP contribution is -2.23. The van der Waals surface area contributed by atoms with E-state index in [2.05, 4.69) is 50.1 Å². The Labute approximate surface area is 120 Å². The molecular formula is C16H20N2S. The monoisotopic (exact) mass is 272 g/mol. The Morgan fingerprint density at radius 1 is 1.16 bits per heavy atom. The lowest BCUT2D eigenvalue weighted by Gasteiger charge is -2.24. The van der Waals surface area contributed by atoms with Crippen molar-refractivity contribution in [3.8, 4) is 0 Å². The van der Waals surface area contributed by atoms with E-state index in [1.54, 1.807) is 0 Å². The van der Waals surface area contributed by atoms with Crippen LogP contribution < -0.4 is 10.6 Å². The van der Waals surface area contributed by atoms with Crippen LogP contribution in [0.2, 0.25) is 0 Å². The Bertz CT molecular complexity index is 605. The van der Waals surface area contributed by atoms with Gasteiger partial charge in [0.1, 0.15) is 4.99 Å². The van der Waals surface area contributed by atoms with Crippen molar-refractivity contribution in [1.82, 2.24) is 0 Å². The Morgan fingerprint density at radius 2 is 1.79 bits per heavy atom. The first-order chi connectivity index (χ1) is 9.00. The van der Waals surface area contributed by atoms with E-state index in [1.807, 2.05) is 12.1 Å². The Kier molecular flexibility index (Phi) is 4.05. The predicted molar refractivity (Wildman–Crippen MR) is 87.9 cm³/mol. The summed E-state index contributed by atoms with van der Waals surface area (Å²) in [7, 11) is 2.13. The average molecular weight is 272 g/mol. The number of fused-ring (bicyclic) bond motifs is 1. The zero-order valence-corrected chi connectivity index (χ0v) is 12.5. The molecule has 0 atom stereocenters. The Morgan fingerprint density at radius 3 is 2.37 bits per heavy atom. The molecule has 2 aromatic rings. The number of rotatable bonds is 4. The van der Waals surface area contributed by atoms with Crippen molar-refractivity contribution in [3.05, 3.63) is 42.0 Å². The van der Waals surface area contributed by atoms with Crippen LogP contribution in [0.4, 0.5) is 5.69 Å². The molecule has 19 heavy (non-hydrogen) atoms. The maximum Gasteiger partial charge on any atom is 0.104 e. The normalized spacial score (nSPS) is 10.9. The topological polar surface area (TPSA) is 29.3 Å². The smallest absolute Gasteiger partial charge is 0.104 e. The molecule has 0 unspecified atom stereocenters. The van der Waals surface area contributed by atoms with Crippen LogP contribution in [0.1, 0.15) is 19.4 Å². The molecule has 0 aliphatic heterocycles. The summed E-state index contributed by atoms with van der Waals surface area (Å²) in [6.07, 6.45) is 0. The fourth-order valence-electron chi connectivity index (χ4n) is 2.48. The largest absolute Gasteiger partial charge is 0.389 e. The second-order valence-electron chi connectivity index (χ2n) is 5.32. The lowest BCUT2D eigenvalue weighted by molar-refractivity contribution is 0.639. The standard InChI is InChI=1S/C16H20N2S/c1-11(2)10-18(3)15-9-8-14(16(17)19)12-6-4-5-7-13(12)15/h4-9,11H,10H2,1-3H3,(H2,17,19). The van der Waals surface area contributed by atoms with Crippen LogP contribution in [0.3, 0.4) is 0 Å². The average Bonchev–Trinajstić information content (AvgIpc) is 2.36. The summed E-state index contributed by atoms with van der Waals surface area (Å²) in [6, 6.07) is 12.4. The third kappa shape index (κ3) is 2.87. The molecule has 3 heteroatoms. The molecule has 0 spiro atoms. The highest BCUT2D eigenvalue weighted by molar-refractivity contribution is 7.80. The maximum absolute atomic E-state index is 5.80.